The third-order valence-corrected chi connectivity index (χ3v) is 3.94. The van der Waals surface area contributed by atoms with Crippen LogP contribution in [0.25, 0.3) is 0 Å². The molecule has 20 heavy (non-hydrogen) atoms. The van der Waals surface area contributed by atoms with Crippen molar-refractivity contribution in [1.29, 1.82) is 0 Å². The Balaban J connectivity index is 1.64. The Morgan fingerprint density at radius 1 is 1.35 bits per heavy atom. The fourth-order valence-electron chi connectivity index (χ4n) is 2.85. The van der Waals surface area contributed by atoms with E-state index < -0.39 is 0 Å². The van der Waals surface area contributed by atoms with Gasteiger partial charge < -0.3 is 20.5 Å². The summed E-state index contributed by atoms with van der Waals surface area (Å²) in [4.78, 5) is 2.49. The van der Waals surface area contributed by atoms with Crippen LogP contribution in [0.3, 0.4) is 0 Å². The minimum absolute atomic E-state index is 0.314. The first-order valence-corrected chi connectivity index (χ1v) is 7.60. The number of rotatable bonds is 7. The van der Waals surface area contributed by atoms with Crippen LogP contribution in [0, 0.1) is 5.92 Å². The van der Waals surface area contributed by atoms with Crippen molar-refractivity contribution >= 4 is 5.69 Å². The number of benzene rings is 1. The Bertz CT molecular complexity index is 396. The number of nitrogens with two attached hydrogens (primary N) is 1. The van der Waals surface area contributed by atoms with Gasteiger partial charge in [0.15, 0.2) is 0 Å². The van der Waals surface area contributed by atoms with E-state index in [2.05, 4.69) is 4.90 Å². The molecule has 2 rings (SSSR count). The second kappa shape index (κ2) is 8.12. The third kappa shape index (κ3) is 4.69. The molecule has 0 spiro atoms. The summed E-state index contributed by atoms with van der Waals surface area (Å²) in [5.41, 5.74) is 6.54. The van der Waals surface area contributed by atoms with Crippen LogP contribution in [-0.2, 0) is 0 Å². The Kier molecular flexibility index (Phi) is 6.15. The zero-order valence-electron chi connectivity index (χ0n) is 12.1. The van der Waals surface area contributed by atoms with E-state index in [1.807, 2.05) is 24.3 Å². The molecule has 1 unspecified atom stereocenters. The summed E-state index contributed by atoms with van der Waals surface area (Å²) in [6.07, 6.45) is 4.46. The number of ether oxygens (including phenoxy) is 1. The van der Waals surface area contributed by atoms with Crippen molar-refractivity contribution < 1.29 is 9.84 Å². The standard InChI is InChI=1S/C16H26N2O2/c17-15-6-1-2-7-16(15)20-12-4-10-18-9-3-5-14(13-18)8-11-19/h1-2,6-7,14,19H,3-5,8-13,17H2. The maximum atomic E-state index is 9.02. The highest BCUT2D eigenvalue weighted by molar-refractivity contribution is 5.51. The lowest BCUT2D eigenvalue weighted by atomic mass is 9.95. The van der Waals surface area contributed by atoms with Crippen molar-refractivity contribution in [3.8, 4) is 5.75 Å². The monoisotopic (exact) mass is 278 g/mol. The number of hydrogen-bond acceptors (Lipinski definition) is 4. The second-order valence-electron chi connectivity index (χ2n) is 5.56. The number of nitrogen functional groups attached to an aromatic ring is 1. The summed E-state index contributed by atoms with van der Waals surface area (Å²) in [5, 5.41) is 9.02. The Morgan fingerprint density at radius 3 is 3.00 bits per heavy atom. The number of anilines is 1. The van der Waals surface area contributed by atoms with Crippen LogP contribution < -0.4 is 10.5 Å². The van der Waals surface area contributed by atoms with Gasteiger partial charge in [0.2, 0.25) is 0 Å². The molecule has 4 heteroatoms. The minimum Gasteiger partial charge on any atom is -0.491 e. The highest BCUT2D eigenvalue weighted by atomic mass is 16.5. The molecule has 1 aromatic carbocycles. The fourth-order valence-corrected chi connectivity index (χ4v) is 2.85. The molecule has 1 atom stereocenters. The van der Waals surface area contributed by atoms with Crippen LogP contribution in [0.4, 0.5) is 5.69 Å². The summed E-state index contributed by atoms with van der Waals surface area (Å²) >= 11 is 0. The number of piperidine rings is 1. The van der Waals surface area contributed by atoms with Gasteiger partial charge in [0, 0.05) is 19.7 Å². The van der Waals surface area contributed by atoms with Gasteiger partial charge in [0.05, 0.1) is 12.3 Å². The van der Waals surface area contributed by atoms with Crippen molar-refractivity contribution in [2.75, 3.05) is 38.6 Å². The second-order valence-corrected chi connectivity index (χ2v) is 5.56. The van der Waals surface area contributed by atoms with E-state index in [1.54, 1.807) is 0 Å². The molecule has 1 saturated heterocycles. The van der Waals surface area contributed by atoms with Crippen LogP contribution in [-0.4, -0.2) is 42.9 Å². The van der Waals surface area contributed by atoms with Crippen LogP contribution in [0.15, 0.2) is 24.3 Å². The lowest BCUT2D eigenvalue weighted by Gasteiger charge is -2.32. The van der Waals surface area contributed by atoms with Crippen molar-refractivity contribution in [3.63, 3.8) is 0 Å². The molecule has 0 radical (unpaired) electrons. The van der Waals surface area contributed by atoms with Crippen molar-refractivity contribution in [2.45, 2.75) is 25.7 Å². The van der Waals surface area contributed by atoms with Gasteiger partial charge in [-0.05, 0) is 50.3 Å². The van der Waals surface area contributed by atoms with Gasteiger partial charge in [-0.1, -0.05) is 12.1 Å². The maximum Gasteiger partial charge on any atom is 0.142 e. The molecule has 4 nitrogen and oxygen atoms in total. The Hall–Kier alpha value is -1.26. The van der Waals surface area contributed by atoms with E-state index in [9.17, 15) is 0 Å². The molecule has 1 aliphatic heterocycles. The molecule has 0 saturated carbocycles. The Labute approximate surface area is 121 Å². The summed E-state index contributed by atoms with van der Waals surface area (Å²) in [6, 6.07) is 7.63. The Morgan fingerprint density at radius 2 is 2.20 bits per heavy atom. The predicted molar refractivity (Wildman–Crippen MR) is 81.8 cm³/mol. The summed E-state index contributed by atoms with van der Waals surface area (Å²) in [7, 11) is 0. The molecule has 3 N–H and O–H groups in total. The largest absolute Gasteiger partial charge is 0.491 e. The molecular formula is C16H26N2O2. The molecule has 112 valence electrons. The first kappa shape index (κ1) is 15.1. The molecule has 0 aliphatic carbocycles. The van der Waals surface area contributed by atoms with E-state index in [-0.39, 0.29) is 0 Å². The lowest BCUT2D eigenvalue weighted by Crippen LogP contribution is -2.36. The van der Waals surface area contributed by atoms with Gasteiger partial charge in [0.1, 0.15) is 5.75 Å². The molecule has 0 bridgehead atoms. The lowest BCUT2D eigenvalue weighted by molar-refractivity contribution is 0.140. The molecule has 0 aromatic heterocycles. The first-order chi connectivity index (χ1) is 9.79. The van der Waals surface area contributed by atoms with Crippen LogP contribution >= 0.6 is 0 Å². The summed E-state index contributed by atoms with van der Waals surface area (Å²) in [6.45, 7) is 4.38. The SMILES string of the molecule is Nc1ccccc1OCCCN1CCCC(CCO)C1. The minimum atomic E-state index is 0.314. The average Bonchev–Trinajstić information content (AvgIpc) is 2.46. The van der Waals surface area contributed by atoms with Gasteiger partial charge >= 0.3 is 0 Å². The normalized spacial score (nSPS) is 19.9. The number of hydrogen-bond donors (Lipinski definition) is 2. The number of aliphatic hydroxyl groups is 1. The van der Waals surface area contributed by atoms with Crippen molar-refractivity contribution in [3.05, 3.63) is 24.3 Å². The molecular weight excluding hydrogens is 252 g/mol. The van der Waals surface area contributed by atoms with E-state index >= 15 is 0 Å². The average molecular weight is 278 g/mol. The summed E-state index contributed by atoms with van der Waals surface area (Å²) in [5.74, 6) is 1.45. The van der Waals surface area contributed by atoms with E-state index in [0.717, 1.165) is 31.7 Å². The van der Waals surface area contributed by atoms with Gasteiger partial charge in [-0.25, -0.2) is 0 Å². The van der Waals surface area contributed by atoms with Crippen molar-refractivity contribution in [2.24, 2.45) is 5.92 Å². The van der Waals surface area contributed by atoms with E-state index in [0.29, 0.717) is 24.8 Å². The predicted octanol–water partition coefficient (Wildman–Crippen LogP) is 2.13. The number of likely N-dealkylation sites (tertiary alicyclic amines) is 1. The molecule has 0 amide bonds. The highest BCUT2D eigenvalue weighted by Gasteiger charge is 2.18. The van der Waals surface area contributed by atoms with Gasteiger partial charge in [-0.15, -0.1) is 0 Å². The molecule has 1 aliphatic rings. The first-order valence-electron chi connectivity index (χ1n) is 7.60. The molecule has 1 fully saturated rings. The van der Waals surface area contributed by atoms with Crippen LogP contribution in [0.2, 0.25) is 0 Å². The quantitative estimate of drug-likeness (QED) is 0.592. The highest BCUT2D eigenvalue weighted by Crippen LogP contribution is 2.21. The van der Waals surface area contributed by atoms with Gasteiger partial charge in [0.25, 0.3) is 0 Å². The number of aliphatic hydroxyl groups excluding tert-OH is 1. The smallest absolute Gasteiger partial charge is 0.142 e. The van der Waals surface area contributed by atoms with Gasteiger partial charge in [-0.2, -0.15) is 0 Å². The molecule has 1 heterocycles. The summed E-state index contributed by atoms with van der Waals surface area (Å²) < 4.78 is 5.71. The van der Waals surface area contributed by atoms with Crippen molar-refractivity contribution in [1.82, 2.24) is 4.90 Å². The number of para-hydroxylation sites is 2. The molecule has 1 aromatic rings. The van der Waals surface area contributed by atoms with E-state index in [1.165, 1.54) is 19.4 Å². The fraction of sp³-hybridized carbons (Fsp3) is 0.625. The zero-order valence-corrected chi connectivity index (χ0v) is 12.1. The maximum absolute atomic E-state index is 9.02. The number of nitrogens with zero attached hydrogens (tertiary/aromatic N) is 1. The van der Waals surface area contributed by atoms with Crippen LogP contribution in [0.1, 0.15) is 25.7 Å². The van der Waals surface area contributed by atoms with Crippen LogP contribution in [0.5, 0.6) is 5.75 Å². The topological polar surface area (TPSA) is 58.7 Å². The third-order valence-electron chi connectivity index (χ3n) is 3.94. The zero-order chi connectivity index (χ0) is 14.2. The van der Waals surface area contributed by atoms with E-state index in [4.69, 9.17) is 15.6 Å². The van der Waals surface area contributed by atoms with Gasteiger partial charge in [-0.3, -0.25) is 0 Å².